The zero-order valence-corrected chi connectivity index (χ0v) is 12.9. The molecule has 110 valence electrons. The molecule has 4 aliphatic rings. The molecule has 4 rings (SSSR count). The van der Waals surface area contributed by atoms with E-state index in [1.807, 2.05) is 6.08 Å². The fourth-order valence-electron chi connectivity index (χ4n) is 5.10. The summed E-state index contributed by atoms with van der Waals surface area (Å²) in [5.74, 6) is 1.12. The number of hydrogen-bond donors (Lipinski definition) is 0. The van der Waals surface area contributed by atoms with E-state index in [4.69, 9.17) is 0 Å². The van der Waals surface area contributed by atoms with E-state index >= 15 is 0 Å². The summed E-state index contributed by atoms with van der Waals surface area (Å²) < 4.78 is 0. The summed E-state index contributed by atoms with van der Waals surface area (Å²) in [7, 11) is 0. The highest BCUT2D eigenvalue weighted by Gasteiger charge is 2.52. The molecule has 0 spiro atoms. The van der Waals surface area contributed by atoms with E-state index < -0.39 is 0 Å². The summed E-state index contributed by atoms with van der Waals surface area (Å²) in [6.07, 6.45) is 11.5. The van der Waals surface area contributed by atoms with Crippen LogP contribution in [-0.2, 0) is 9.59 Å². The predicted octanol–water partition coefficient (Wildman–Crippen LogP) is 3.93. The van der Waals surface area contributed by atoms with Crippen molar-refractivity contribution < 1.29 is 9.59 Å². The molecular formula is C19H22O2. The summed E-state index contributed by atoms with van der Waals surface area (Å²) in [6, 6.07) is 0. The standard InChI is InChI=1S/C19H22O2/c1-18-9-7-13(20)11-12(18)3-4-14-15-5-6-17(21)19(15,2)10-8-16(14)18/h3-4,11,15H,5-10H2,1-2H3/t15-,18-,19-/m0/s1. The smallest absolute Gasteiger partial charge is 0.156 e. The Kier molecular flexibility index (Phi) is 2.56. The van der Waals surface area contributed by atoms with Crippen molar-refractivity contribution in [1.82, 2.24) is 0 Å². The van der Waals surface area contributed by atoms with Crippen LogP contribution in [0.2, 0.25) is 0 Å². The molecule has 0 unspecified atom stereocenters. The summed E-state index contributed by atoms with van der Waals surface area (Å²) in [6.45, 7) is 4.46. The quantitative estimate of drug-likeness (QED) is 0.674. The van der Waals surface area contributed by atoms with E-state index in [9.17, 15) is 9.59 Å². The topological polar surface area (TPSA) is 34.1 Å². The lowest BCUT2D eigenvalue weighted by atomic mass is 9.56. The fourth-order valence-corrected chi connectivity index (χ4v) is 5.10. The van der Waals surface area contributed by atoms with Gasteiger partial charge in [-0.1, -0.05) is 31.6 Å². The third-order valence-corrected chi connectivity index (χ3v) is 6.62. The van der Waals surface area contributed by atoms with E-state index in [0.29, 0.717) is 18.1 Å². The van der Waals surface area contributed by atoms with Crippen LogP contribution in [0.1, 0.15) is 52.4 Å². The number of hydrogen-bond acceptors (Lipinski definition) is 2. The molecule has 2 heteroatoms. The third-order valence-electron chi connectivity index (χ3n) is 6.62. The highest BCUT2D eigenvalue weighted by molar-refractivity contribution is 5.93. The Morgan fingerprint density at radius 2 is 1.86 bits per heavy atom. The lowest BCUT2D eigenvalue weighted by Gasteiger charge is -2.47. The first kappa shape index (κ1) is 13.2. The van der Waals surface area contributed by atoms with E-state index in [2.05, 4.69) is 26.0 Å². The SMILES string of the molecule is C[C@]12CCC(=O)C=C1C=CC1=C2CC[C@]2(C)C(=O)CC[C@@H]12. The first-order valence-corrected chi connectivity index (χ1v) is 8.15. The molecule has 1 saturated carbocycles. The second-order valence-corrected chi connectivity index (χ2v) is 7.60. The number of carbonyl (C=O) groups excluding carboxylic acids is 2. The number of Topliss-reactive ketones (excluding diaryl/α,β-unsaturated/α-hetero) is 1. The van der Waals surface area contributed by atoms with Gasteiger partial charge in [0.1, 0.15) is 5.78 Å². The van der Waals surface area contributed by atoms with Gasteiger partial charge in [-0.05, 0) is 48.8 Å². The maximum atomic E-state index is 12.3. The molecule has 0 aromatic rings. The Bertz CT molecular complexity index is 648. The van der Waals surface area contributed by atoms with Crippen LogP contribution in [0.4, 0.5) is 0 Å². The van der Waals surface area contributed by atoms with Gasteiger partial charge in [-0.15, -0.1) is 0 Å². The van der Waals surface area contributed by atoms with Gasteiger partial charge in [0.05, 0.1) is 0 Å². The van der Waals surface area contributed by atoms with Crippen LogP contribution in [0.3, 0.4) is 0 Å². The highest BCUT2D eigenvalue weighted by atomic mass is 16.1. The summed E-state index contributed by atoms with van der Waals surface area (Å²) >= 11 is 0. The maximum absolute atomic E-state index is 12.3. The van der Waals surface area contributed by atoms with E-state index in [1.54, 1.807) is 0 Å². The monoisotopic (exact) mass is 282 g/mol. The van der Waals surface area contributed by atoms with Crippen LogP contribution in [0.5, 0.6) is 0 Å². The fraction of sp³-hybridized carbons (Fsp3) is 0.579. The van der Waals surface area contributed by atoms with Gasteiger partial charge in [-0.2, -0.15) is 0 Å². The molecule has 0 aromatic carbocycles. The summed E-state index contributed by atoms with van der Waals surface area (Å²) in [5, 5.41) is 0. The lowest BCUT2D eigenvalue weighted by Crippen LogP contribution is -2.39. The van der Waals surface area contributed by atoms with E-state index in [1.165, 1.54) is 16.7 Å². The molecule has 4 aliphatic carbocycles. The maximum Gasteiger partial charge on any atom is 0.156 e. The normalized spacial score (nSPS) is 41.6. The Morgan fingerprint density at radius 3 is 2.67 bits per heavy atom. The minimum atomic E-state index is -0.134. The van der Waals surface area contributed by atoms with Crippen molar-refractivity contribution in [3.63, 3.8) is 0 Å². The van der Waals surface area contributed by atoms with Crippen molar-refractivity contribution >= 4 is 11.6 Å². The third kappa shape index (κ3) is 1.59. The number of fused-ring (bicyclic) bond motifs is 4. The number of allylic oxidation sites excluding steroid dienone is 6. The highest BCUT2D eigenvalue weighted by Crippen LogP contribution is 2.59. The Hall–Kier alpha value is -1.44. The minimum Gasteiger partial charge on any atom is -0.299 e. The molecule has 0 saturated heterocycles. The molecule has 0 aromatic heterocycles. The van der Waals surface area contributed by atoms with Gasteiger partial charge >= 0.3 is 0 Å². The van der Waals surface area contributed by atoms with Gasteiger partial charge in [0.25, 0.3) is 0 Å². The van der Waals surface area contributed by atoms with Gasteiger partial charge in [-0.3, -0.25) is 9.59 Å². The molecule has 0 N–H and O–H groups in total. The minimum absolute atomic E-state index is 0.0327. The van der Waals surface area contributed by atoms with Crippen LogP contribution < -0.4 is 0 Å². The van der Waals surface area contributed by atoms with Gasteiger partial charge in [0.2, 0.25) is 0 Å². The van der Waals surface area contributed by atoms with Crippen molar-refractivity contribution in [1.29, 1.82) is 0 Å². The Morgan fingerprint density at radius 1 is 1.05 bits per heavy atom. The number of ketones is 2. The average Bonchev–Trinajstić information content (AvgIpc) is 2.76. The molecule has 0 heterocycles. The van der Waals surface area contributed by atoms with Crippen LogP contribution in [0.25, 0.3) is 0 Å². The molecule has 0 bridgehead atoms. The predicted molar refractivity (Wildman–Crippen MR) is 81.7 cm³/mol. The molecule has 0 radical (unpaired) electrons. The second kappa shape index (κ2) is 4.06. The van der Waals surface area contributed by atoms with Crippen LogP contribution >= 0.6 is 0 Å². The summed E-state index contributed by atoms with van der Waals surface area (Å²) in [5.41, 5.74) is 4.02. The van der Waals surface area contributed by atoms with Crippen LogP contribution in [-0.4, -0.2) is 11.6 Å². The van der Waals surface area contributed by atoms with Crippen LogP contribution in [0, 0.1) is 16.7 Å². The molecule has 1 fully saturated rings. The van der Waals surface area contributed by atoms with E-state index in [-0.39, 0.29) is 16.6 Å². The van der Waals surface area contributed by atoms with Crippen molar-refractivity contribution in [2.75, 3.05) is 0 Å². The Labute approximate surface area is 126 Å². The van der Waals surface area contributed by atoms with Gasteiger partial charge in [0.15, 0.2) is 5.78 Å². The molecule has 0 aliphatic heterocycles. The van der Waals surface area contributed by atoms with Gasteiger partial charge < -0.3 is 0 Å². The molecule has 3 atom stereocenters. The van der Waals surface area contributed by atoms with Gasteiger partial charge in [0, 0.05) is 23.7 Å². The largest absolute Gasteiger partial charge is 0.299 e. The number of carbonyl (C=O) groups is 2. The molecular weight excluding hydrogens is 260 g/mol. The first-order valence-electron chi connectivity index (χ1n) is 8.15. The molecule has 0 amide bonds. The average molecular weight is 282 g/mol. The van der Waals surface area contributed by atoms with Crippen molar-refractivity contribution in [2.45, 2.75) is 52.4 Å². The second-order valence-electron chi connectivity index (χ2n) is 7.60. The summed E-state index contributed by atoms with van der Waals surface area (Å²) in [4.78, 5) is 24.0. The molecule has 2 nitrogen and oxygen atoms in total. The van der Waals surface area contributed by atoms with Crippen LogP contribution in [0.15, 0.2) is 34.9 Å². The van der Waals surface area contributed by atoms with Crippen molar-refractivity contribution in [2.24, 2.45) is 16.7 Å². The van der Waals surface area contributed by atoms with Crippen molar-refractivity contribution in [3.8, 4) is 0 Å². The zero-order valence-electron chi connectivity index (χ0n) is 12.9. The van der Waals surface area contributed by atoms with Gasteiger partial charge in [-0.25, -0.2) is 0 Å². The zero-order chi connectivity index (χ0) is 14.8. The first-order chi connectivity index (χ1) is 9.95. The van der Waals surface area contributed by atoms with E-state index in [0.717, 1.165) is 32.1 Å². The molecule has 21 heavy (non-hydrogen) atoms. The number of rotatable bonds is 0. The van der Waals surface area contributed by atoms with Crippen molar-refractivity contribution in [3.05, 3.63) is 34.9 Å². The Balaban J connectivity index is 1.84. The lowest BCUT2D eigenvalue weighted by molar-refractivity contribution is -0.126.